The third-order valence-corrected chi connectivity index (χ3v) is 5.42. The van der Waals surface area contributed by atoms with Crippen LogP contribution in [0.1, 0.15) is 38.0 Å². The topological polar surface area (TPSA) is 106 Å². The maximum atomic E-state index is 12.7. The van der Waals surface area contributed by atoms with Crippen LogP contribution < -0.4 is 4.18 Å². The Morgan fingerprint density at radius 1 is 1.18 bits per heavy atom. The number of aromatic nitrogens is 1. The fourth-order valence-corrected chi connectivity index (χ4v) is 3.30. The smallest absolute Gasteiger partial charge is 0.444 e. The monoisotopic (exact) mass is 524 g/mol. The van der Waals surface area contributed by atoms with Gasteiger partial charge in [-0.3, -0.25) is 4.98 Å². The van der Waals surface area contributed by atoms with Crippen LogP contribution in [-0.2, 0) is 21.3 Å². The van der Waals surface area contributed by atoms with Crippen molar-refractivity contribution in [1.29, 1.82) is 0 Å². The zero-order chi connectivity index (χ0) is 25.7. The van der Waals surface area contributed by atoms with Gasteiger partial charge in [0, 0.05) is 24.5 Å². The van der Waals surface area contributed by atoms with Gasteiger partial charge in [-0.1, -0.05) is 23.7 Å². The lowest BCUT2D eigenvalue weighted by Crippen LogP contribution is -2.40. The lowest BCUT2D eigenvalue weighted by atomic mass is 10.1. The lowest BCUT2D eigenvalue weighted by Gasteiger charge is -2.29. The van der Waals surface area contributed by atoms with E-state index in [-0.39, 0.29) is 19.5 Å². The molecule has 0 aliphatic carbocycles. The van der Waals surface area contributed by atoms with Crippen LogP contribution >= 0.6 is 11.6 Å². The van der Waals surface area contributed by atoms with Gasteiger partial charge in [0.1, 0.15) is 11.4 Å². The molecule has 1 aromatic heterocycles. The van der Waals surface area contributed by atoms with Crippen molar-refractivity contribution >= 4 is 27.8 Å². The Hall–Kier alpha value is -2.57. The molecule has 1 aromatic carbocycles. The van der Waals surface area contributed by atoms with E-state index in [1.165, 1.54) is 35.5 Å². The van der Waals surface area contributed by atoms with Gasteiger partial charge < -0.3 is 18.9 Å². The summed E-state index contributed by atoms with van der Waals surface area (Å²) in [6, 6.07) is 6.39. The van der Waals surface area contributed by atoms with Crippen molar-refractivity contribution in [3.63, 3.8) is 0 Å². The van der Waals surface area contributed by atoms with E-state index in [4.69, 9.17) is 16.3 Å². The van der Waals surface area contributed by atoms with Gasteiger partial charge in [0.2, 0.25) is 0 Å². The molecule has 0 radical (unpaired) electrons. The van der Waals surface area contributed by atoms with E-state index < -0.39 is 39.2 Å². The number of amides is 1. The number of aliphatic hydroxyl groups is 1. The van der Waals surface area contributed by atoms with Crippen LogP contribution in [0.5, 0.6) is 5.75 Å². The highest BCUT2D eigenvalue weighted by Gasteiger charge is 2.48. The highest BCUT2D eigenvalue weighted by Crippen LogP contribution is 2.27. The maximum Gasteiger partial charge on any atom is 0.534 e. The molecule has 0 bridgehead atoms. The fraction of sp³-hybridized carbons (Fsp3) is 0.429. The van der Waals surface area contributed by atoms with Crippen LogP contribution in [-0.4, -0.2) is 53.7 Å². The third-order valence-electron chi connectivity index (χ3n) is 4.24. The van der Waals surface area contributed by atoms with Gasteiger partial charge in [0.15, 0.2) is 0 Å². The minimum absolute atomic E-state index is 0.0843. The number of alkyl halides is 3. The first kappa shape index (κ1) is 27.7. The number of hydrogen-bond donors (Lipinski definition) is 1. The summed E-state index contributed by atoms with van der Waals surface area (Å²) in [6.45, 7) is 5.01. The normalized spacial score (nSPS) is 13.3. The molecule has 0 spiro atoms. The largest absolute Gasteiger partial charge is 0.534 e. The Morgan fingerprint density at radius 3 is 2.32 bits per heavy atom. The zero-order valence-electron chi connectivity index (χ0n) is 18.5. The zero-order valence-corrected chi connectivity index (χ0v) is 20.1. The molecule has 0 aliphatic heterocycles. The second-order valence-corrected chi connectivity index (χ2v) is 10.2. The van der Waals surface area contributed by atoms with Crippen molar-refractivity contribution < 1.29 is 40.4 Å². The van der Waals surface area contributed by atoms with Crippen molar-refractivity contribution in [1.82, 2.24) is 9.88 Å². The summed E-state index contributed by atoms with van der Waals surface area (Å²) in [5.74, 6) is -0.506. The molecule has 0 fully saturated rings. The first-order valence-electron chi connectivity index (χ1n) is 9.93. The molecule has 188 valence electrons. The van der Waals surface area contributed by atoms with Crippen molar-refractivity contribution in [2.45, 2.75) is 44.4 Å². The van der Waals surface area contributed by atoms with Crippen LogP contribution in [0.2, 0.25) is 5.02 Å². The van der Waals surface area contributed by atoms with E-state index in [0.29, 0.717) is 16.1 Å². The number of halogens is 4. The molecule has 34 heavy (non-hydrogen) atoms. The molecular formula is C21H24ClF3N2O6S. The van der Waals surface area contributed by atoms with Gasteiger partial charge in [-0.25, -0.2) is 4.79 Å². The molecule has 1 N–H and O–H groups in total. The second kappa shape index (κ2) is 10.8. The van der Waals surface area contributed by atoms with Crippen LogP contribution in [0.25, 0.3) is 0 Å². The Labute approximate surface area is 200 Å². The average Bonchev–Trinajstić information content (AvgIpc) is 2.69. The van der Waals surface area contributed by atoms with E-state index in [9.17, 15) is 31.5 Å². The van der Waals surface area contributed by atoms with Crippen LogP contribution in [0, 0.1) is 0 Å². The lowest BCUT2D eigenvalue weighted by molar-refractivity contribution is -0.0500. The fourth-order valence-electron chi connectivity index (χ4n) is 2.66. The molecule has 0 aliphatic rings. The quantitative estimate of drug-likeness (QED) is 0.401. The predicted molar refractivity (Wildman–Crippen MR) is 118 cm³/mol. The molecule has 2 aromatic rings. The molecule has 13 heteroatoms. The summed E-state index contributed by atoms with van der Waals surface area (Å²) in [5.41, 5.74) is -5.36. The predicted octanol–water partition coefficient (Wildman–Crippen LogP) is 4.48. The Kier molecular flexibility index (Phi) is 8.78. The number of ether oxygens (including phenoxy) is 1. The van der Waals surface area contributed by atoms with Gasteiger partial charge >= 0.3 is 21.7 Å². The summed E-state index contributed by atoms with van der Waals surface area (Å²) < 4.78 is 69.0. The molecule has 1 amide bonds. The molecular weight excluding hydrogens is 501 g/mol. The molecule has 1 atom stereocenters. The van der Waals surface area contributed by atoms with Gasteiger partial charge in [-0.15, -0.1) is 0 Å². The molecule has 1 unspecified atom stereocenters. The van der Waals surface area contributed by atoms with Gasteiger partial charge in [0.25, 0.3) is 0 Å². The van der Waals surface area contributed by atoms with E-state index in [2.05, 4.69) is 9.17 Å². The van der Waals surface area contributed by atoms with Crippen molar-refractivity contribution in [2.75, 3.05) is 13.1 Å². The number of carbonyl (C=O) groups excluding carboxylic acids is 1. The number of benzene rings is 1. The van der Waals surface area contributed by atoms with Crippen molar-refractivity contribution in [3.8, 4) is 5.75 Å². The highest BCUT2D eigenvalue weighted by molar-refractivity contribution is 7.88. The Balaban J connectivity index is 2.11. The summed E-state index contributed by atoms with van der Waals surface area (Å²) in [7, 11) is -5.77. The van der Waals surface area contributed by atoms with E-state index >= 15 is 0 Å². The Morgan fingerprint density at radius 2 is 1.79 bits per heavy atom. The number of rotatable bonds is 8. The minimum Gasteiger partial charge on any atom is -0.444 e. The number of pyridine rings is 1. The Bertz CT molecular complexity index is 1090. The minimum atomic E-state index is -5.77. The van der Waals surface area contributed by atoms with Gasteiger partial charge in [0.05, 0.1) is 17.7 Å². The number of aliphatic hydroxyl groups excluding tert-OH is 1. The first-order valence-corrected chi connectivity index (χ1v) is 11.7. The van der Waals surface area contributed by atoms with Crippen LogP contribution in [0.15, 0.2) is 42.7 Å². The summed E-state index contributed by atoms with van der Waals surface area (Å²) >= 11 is 5.91. The summed E-state index contributed by atoms with van der Waals surface area (Å²) in [6.07, 6.45) is 1.25. The highest BCUT2D eigenvalue weighted by atomic mass is 35.5. The standard InChI is InChI=1S/C21H24ClF3N2O6S/c1-20(2,3)32-19(29)27(13-18(28)15-10-16(22)12-26-11-15)9-8-14-4-6-17(7-5-14)33-34(30,31)21(23,24)25/h4-7,10-12,18,28H,8-9,13H2,1-3H3. The van der Waals surface area contributed by atoms with Gasteiger partial charge in [-0.05, 0) is 51.0 Å². The molecule has 2 rings (SSSR count). The number of nitrogens with zero attached hydrogens (tertiary/aromatic N) is 2. The maximum absolute atomic E-state index is 12.7. The first-order chi connectivity index (χ1) is 15.6. The average molecular weight is 525 g/mol. The van der Waals surface area contributed by atoms with Gasteiger partial charge in [-0.2, -0.15) is 21.6 Å². The second-order valence-electron chi connectivity index (χ2n) is 8.26. The van der Waals surface area contributed by atoms with E-state index in [0.717, 1.165) is 12.1 Å². The van der Waals surface area contributed by atoms with Crippen molar-refractivity contribution in [2.24, 2.45) is 0 Å². The van der Waals surface area contributed by atoms with Crippen LogP contribution in [0.3, 0.4) is 0 Å². The number of hydrogen-bond acceptors (Lipinski definition) is 7. The molecule has 1 heterocycles. The summed E-state index contributed by atoms with van der Waals surface area (Å²) in [4.78, 5) is 17.9. The third kappa shape index (κ3) is 8.33. The van der Waals surface area contributed by atoms with Crippen molar-refractivity contribution in [3.05, 3.63) is 58.9 Å². The number of carbonyl (C=O) groups is 1. The molecule has 0 saturated heterocycles. The molecule has 8 nitrogen and oxygen atoms in total. The molecule has 0 saturated carbocycles. The SMILES string of the molecule is CC(C)(C)OC(=O)N(CCc1ccc(OS(=O)(=O)C(F)(F)F)cc1)CC(O)c1cncc(Cl)c1. The van der Waals surface area contributed by atoms with E-state index in [1.54, 1.807) is 20.8 Å². The van der Waals surface area contributed by atoms with E-state index in [1.807, 2.05) is 0 Å². The van der Waals surface area contributed by atoms with Crippen LogP contribution in [0.4, 0.5) is 18.0 Å². The summed E-state index contributed by atoms with van der Waals surface area (Å²) in [5, 5.41) is 10.9.